The third-order valence-electron chi connectivity index (χ3n) is 4.88. The summed E-state index contributed by atoms with van der Waals surface area (Å²) in [5.74, 6) is -0.00317. The molecule has 1 amide bonds. The van der Waals surface area contributed by atoms with E-state index in [1.165, 1.54) is 33.6 Å². The van der Waals surface area contributed by atoms with Crippen molar-refractivity contribution in [2.75, 3.05) is 5.32 Å². The number of alkyl halides is 2. The van der Waals surface area contributed by atoms with E-state index in [-0.39, 0.29) is 28.3 Å². The van der Waals surface area contributed by atoms with Gasteiger partial charge in [-0.05, 0) is 30.3 Å². The van der Waals surface area contributed by atoms with Crippen molar-refractivity contribution >= 4 is 17.2 Å². The summed E-state index contributed by atoms with van der Waals surface area (Å²) < 4.78 is 39.6. The van der Waals surface area contributed by atoms with Crippen LogP contribution in [0, 0.1) is 0 Å². The SMILES string of the molecule is Cn1cc(NC(=O)c2cnn3cccnc23)c(-c2cc(Oc3ccccn3)ccc2OC(F)F)n1. The Morgan fingerprint density at radius 1 is 1.11 bits per heavy atom. The zero-order valence-electron chi connectivity index (χ0n) is 18.2. The van der Waals surface area contributed by atoms with Crippen molar-refractivity contribution in [1.82, 2.24) is 29.4 Å². The van der Waals surface area contributed by atoms with E-state index in [1.807, 2.05) is 0 Å². The lowest BCUT2D eigenvalue weighted by Gasteiger charge is -2.13. The molecule has 35 heavy (non-hydrogen) atoms. The first-order chi connectivity index (χ1) is 17.0. The number of pyridine rings is 1. The Morgan fingerprint density at radius 3 is 2.77 bits per heavy atom. The van der Waals surface area contributed by atoms with Gasteiger partial charge >= 0.3 is 6.61 Å². The Kier molecular flexibility index (Phi) is 5.75. The molecule has 176 valence electrons. The quantitative estimate of drug-likeness (QED) is 0.375. The highest BCUT2D eigenvalue weighted by molar-refractivity contribution is 6.09. The molecule has 0 saturated carbocycles. The number of carbonyl (C=O) groups excluding carboxylic acids is 1. The molecule has 0 bridgehead atoms. The number of hydrogen-bond donors (Lipinski definition) is 1. The summed E-state index contributed by atoms with van der Waals surface area (Å²) in [6.45, 7) is -3.07. The maximum atomic E-state index is 13.1. The highest BCUT2D eigenvalue weighted by atomic mass is 19.3. The number of fused-ring (bicyclic) bond motifs is 1. The topological polar surface area (TPSA) is 108 Å². The fraction of sp³-hybridized carbons (Fsp3) is 0.0870. The molecular weight excluding hydrogens is 460 g/mol. The summed E-state index contributed by atoms with van der Waals surface area (Å²) in [6, 6.07) is 11.1. The predicted octanol–water partition coefficient (Wildman–Crippen LogP) is 4.17. The molecule has 0 unspecified atom stereocenters. The lowest BCUT2D eigenvalue weighted by molar-refractivity contribution is -0.0494. The molecule has 0 aliphatic heterocycles. The van der Waals surface area contributed by atoms with Crippen LogP contribution >= 0.6 is 0 Å². The number of anilines is 1. The van der Waals surface area contributed by atoms with E-state index in [9.17, 15) is 13.6 Å². The van der Waals surface area contributed by atoms with Gasteiger partial charge in [-0.3, -0.25) is 9.48 Å². The standard InChI is InChI=1S/C23H17F2N7O3/c1-31-13-17(29-22(33)16-12-28-32-10-4-9-27-21(16)32)20(30-31)15-11-14(6-7-18(15)35-23(24)25)34-19-5-2-3-8-26-19/h2-13,23H,1H3,(H,29,33). The van der Waals surface area contributed by atoms with E-state index in [2.05, 4.69) is 25.5 Å². The smallest absolute Gasteiger partial charge is 0.387 e. The number of carbonyl (C=O) groups is 1. The summed E-state index contributed by atoms with van der Waals surface area (Å²) in [4.78, 5) is 21.3. The van der Waals surface area contributed by atoms with Crippen LogP contribution in [0.2, 0.25) is 0 Å². The Labute approximate surface area is 196 Å². The van der Waals surface area contributed by atoms with Crippen LogP contribution in [0.3, 0.4) is 0 Å². The first-order valence-corrected chi connectivity index (χ1v) is 10.3. The molecule has 1 N–H and O–H groups in total. The fourth-order valence-electron chi connectivity index (χ4n) is 3.44. The van der Waals surface area contributed by atoms with Crippen LogP contribution in [0.1, 0.15) is 10.4 Å². The number of amides is 1. The summed E-state index contributed by atoms with van der Waals surface area (Å²) in [7, 11) is 1.64. The number of aromatic nitrogens is 6. The van der Waals surface area contributed by atoms with Crippen LogP contribution in [0.25, 0.3) is 16.9 Å². The fourth-order valence-corrected chi connectivity index (χ4v) is 3.44. The molecule has 0 aliphatic rings. The molecule has 0 fully saturated rings. The minimum Gasteiger partial charge on any atom is -0.439 e. The van der Waals surface area contributed by atoms with Gasteiger partial charge in [0.1, 0.15) is 22.8 Å². The first-order valence-electron chi connectivity index (χ1n) is 10.3. The number of nitrogens with one attached hydrogen (secondary N) is 1. The largest absolute Gasteiger partial charge is 0.439 e. The molecule has 0 spiro atoms. The first kappa shape index (κ1) is 21.9. The van der Waals surface area contributed by atoms with Crippen LogP contribution < -0.4 is 14.8 Å². The van der Waals surface area contributed by atoms with Gasteiger partial charge < -0.3 is 14.8 Å². The van der Waals surface area contributed by atoms with Gasteiger partial charge in [0.25, 0.3) is 5.91 Å². The zero-order chi connectivity index (χ0) is 24.4. The van der Waals surface area contributed by atoms with Crippen LogP contribution in [0.4, 0.5) is 14.5 Å². The molecule has 5 aromatic rings. The number of benzene rings is 1. The zero-order valence-corrected chi connectivity index (χ0v) is 18.2. The van der Waals surface area contributed by atoms with Crippen LogP contribution in [0.5, 0.6) is 17.4 Å². The number of hydrogen-bond acceptors (Lipinski definition) is 7. The molecule has 4 heterocycles. The van der Waals surface area contributed by atoms with E-state index in [1.54, 1.807) is 56.1 Å². The van der Waals surface area contributed by atoms with Gasteiger partial charge in [0.15, 0.2) is 5.65 Å². The Bertz CT molecular complexity index is 1500. The van der Waals surface area contributed by atoms with E-state index >= 15 is 0 Å². The summed E-state index contributed by atoms with van der Waals surface area (Å²) >= 11 is 0. The summed E-state index contributed by atoms with van der Waals surface area (Å²) in [5, 5.41) is 11.2. The molecule has 1 aromatic carbocycles. The Hall–Kier alpha value is -4.87. The van der Waals surface area contributed by atoms with Gasteiger partial charge in [0.2, 0.25) is 5.88 Å². The monoisotopic (exact) mass is 477 g/mol. The maximum absolute atomic E-state index is 13.1. The Morgan fingerprint density at radius 2 is 1.97 bits per heavy atom. The van der Waals surface area contributed by atoms with Crippen molar-refractivity contribution in [1.29, 1.82) is 0 Å². The van der Waals surface area contributed by atoms with Gasteiger partial charge in [-0.25, -0.2) is 14.5 Å². The lowest BCUT2D eigenvalue weighted by atomic mass is 10.1. The van der Waals surface area contributed by atoms with Crippen molar-refractivity contribution in [3.05, 3.63) is 79.0 Å². The van der Waals surface area contributed by atoms with Crippen LogP contribution in [-0.2, 0) is 7.05 Å². The van der Waals surface area contributed by atoms with E-state index in [0.717, 1.165) is 0 Å². The van der Waals surface area contributed by atoms with Crippen molar-refractivity contribution in [2.45, 2.75) is 6.61 Å². The molecule has 0 saturated heterocycles. The second-order valence-electron chi connectivity index (χ2n) is 7.27. The van der Waals surface area contributed by atoms with Gasteiger partial charge in [-0.2, -0.15) is 19.0 Å². The van der Waals surface area contributed by atoms with E-state index in [4.69, 9.17) is 9.47 Å². The maximum Gasteiger partial charge on any atom is 0.387 e. The van der Waals surface area contributed by atoms with Gasteiger partial charge in [-0.1, -0.05) is 6.07 Å². The molecular formula is C23H17F2N7O3. The highest BCUT2D eigenvalue weighted by Crippen LogP contribution is 2.38. The van der Waals surface area contributed by atoms with Gasteiger partial charge in [-0.15, -0.1) is 0 Å². The lowest BCUT2D eigenvalue weighted by Crippen LogP contribution is -2.12. The van der Waals surface area contributed by atoms with Gasteiger partial charge in [0, 0.05) is 37.9 Å². The second kappa shape index (κ2) is 9.17. The molecule has 10 nitrogen and oxygen atoms in total. The summed E-state index contributed by atoms with van der Waals surface area (Å²) in [6.07, 6.45) is 7.71. The molecule has 0 aliphatic carbocycles. The molecule has 12 heteroatoms. The van der Waals surface area contributed by atoms with Gasteiger partial charge in [0.05, 0.1) is 17.4 Å². The van der Waals surface area contributed by atoms with Crippen LogP contribution in [0.15, 0.2) is 73.4 Å². The van der Waals surface area contributed by atoms with Crippen LogP contribution in [-0.4, -0.2) is 41.9 Å². The third-order valence-corrected chi connectivity index (χ3v) is 4.88. The van der Waals surface area contributed by atoms with Crippen molar-refractivity contribution < 1.29 is 23.0 Å². The summed E-state index contributed by atoms with van der Waals surface area (Å²) in [5.41, 5.74) is 1.25. The van der Waals surface area contributed by atoms with E-state index in [0.29, 0.717) is 17.3 Å². The average Bonchev–Trinajstić information content (AvgIpc) is 3.43. The van der Waals surface area contributed by atoms with E-state index < -0.39 is 12.5 Å². The molecule has 0 radical (unpaired) electrons. The van der Waals surface area contributed by atoms with Crippen molar-refractivity contribution in [3.63, 3.8) is 0 Å². The number of ether oxygens (including phenoxy) is 2. The molecule has 4 aromatic heterocycles. The number of aryl methyl sites for hydroxylation is 1. The minimum atomic E-state index is -3.07. The highest BCUT2D eigenvalue weighted by Gasteiger charge is 2.22. The number of rotatable bonds is 7. The average molecular weight is 477 g/mol. The normalized spacial score (nSPS) is 11.1. The minimum absolute atomic E-state index is 0.139. The van der Waals surface area contributed by atoms with Crippen molar-refractivity contribution in [2.24, 2.45) is 7.05 Å². The Balaban J connectivity index is 1.52. The number of halogens is 2. The molecule has 5 rings (SSSR count). The number of nitrogens with zero attached hydrogens (tertiary/aromatic N) is 6. The van der Waals surface area contributed by atoms with Crippen molar-refractivity contribution in [3.8, 4) is 28.6 Å². The second-order valence-corrected chi connectivity index (χ2v) is 7.27. The third kappa shape index (κ3) is 4.62. The predicted molar refractivity (Wildman–Crippen MR) is 121 cm³/mol. The molecule has 0 atom stereocenters.